The topological polar surface area (TPSA) is 49.8 Å². The second kappa shape index (κ2) is 5.75. The van der Waals surface area contributed by atoms with Gasteiger partial charge >= 0.3 is 0 Å². The van der Waals surface area contributed by atoms with Crippen LogP contribution in [0, 0.1) is 0 Å². The van der Waals surface area contributed by atoms with Gasteiger partial charge in [-0.1, -0.05) is 0 Å². The van der Waals surface area contributed by atoms with E-state index >= 15 is 0 Å². The van der Waals surface area contributed by atoms with E-state index in [0.29, 0.717) is 0 Å². The van der Waals surface area contributed by atoms with E-state index in [9.17, 15) is 0 Å². The van der Waals surface area contributed by atoms with Gasteiger partial charge in [-0.2, -0.15) is 0 Å². The summed E-state index contributed by atoms with van der Waals surface area (Å²) in [7, 11) is 0. The zero-order chi connectivity index (χ0) is 10.3. The number of piperazine rings is 1. The fourth-order valence-electron chi connectivity index (χ4n) is 1.32. The Kier molecular flexibility index (Phi) is 4.01. The number of hydrogen-bond donors (Lipinski definition) is 2. The van der Waals surface area contributed by atoms with Crippen LogP contribution in [0.1, 0.15) is 0 Å². The van der Waals surface area contributed by atoms with Crippen molar-refractivity contribution in [2.75, 3.05) is 26.2 Å². The van der Waals surface area contributed by atoms with Gasteiger partial charge in [0.1, 0.15) is 6.33 Å². The molecule has 0 atom stereocenters. The maximum absolute atomic E-state index is 4.04. The molecule has 1 aliphatic rings. The minimum atomic E-state index is 1.04. The van der Waals surface area contributed by atoms with Crippen molar-refractivity contribution >= 4 is 21.6 Å². The molecule has 80 valence electrons. The summed E-state index contributed by atoms with van der Waals surface area (Å²) in [5.74, 6) is 0. The Morgan fingerprint density at radius 1 is 1.13 bits per heavy atom. The van der Waals surface area contributed by atoms with Gasteiger partial charge < -0.3 is 10.6 Å². The van der Waals surface area contributed by atoms with Crippen LogP contribution < -0.4 is 10.6 Å². The van der Waals surface area contributed by atoms with Gasteiger partial charge in [0.25, 0.3) is 0 Å². The second-order valence-electron chi connectivity index (χ2n) is 3.19. The lowest BCUT2D eigenvalue weighted by Crippen LogP contribution is -2.39. The zero-order valence-electron chi connectivity index (χ0n) is 8.44. The second-order valence-corrected chi connectivity index (χ2v) is 4.14. The number of rotatable bonds is 0. The number of nitrogens with zero attached hydrogens (tertiary/aromatic N) is 2. The highest BCUT2D eigenvalue weighted by Gasteiger charge is 1.91. The van der Waals surface area contributed by atoms with E-state index in [0.717, 1.165) is 36.4 Å². The number of aromatic nitrogens is 2. The summed E-state index contributed by atoms with van der Waals surface area (Å²) in [5.41, 5.74) is 1.04. The third kappa shape index (κ3) is 3.23. The van der Waals surface area contributed by atoms with E-state index in [1.54, 1.807) is 17.7 Å². The maximum atomic E-state index is 4.04. The van der Waals surface area contributed by atoms with Crippen molar-refractivity contribution in [2.45, 2.75) is 0 Å². The summed E-state index contributed by atoms with van der Waals surface area (Å²) in [4.78, 5) is 7.92. The fraction of sp³-hybridized carbons (Fsp3) is 0.400. The lowest BCUT2D eigenvalue weighted by molar-refractivity contribution is 0.534. The Labute approximate surface area is 92.8 Å². The minimum Gasteiger partial charge on any atom is -0.314 e. The molecule has 0 spiro atoms. The van der Waals surface area contributed by atoms with E-state index in [-0.39, 0.29) is 0 Å². The third-order valence-corrected chi connectivity index (χ3v) is 2.93. The summed E-state index contributed by atoms with van der Waals surface area (Å²) in [5, 5.41) is 8.46. The quantitative estimate of drug-likeness (QED) is 0.694. The van der Waals surface area contributed by atoms with E-state index < -0.39 is 0 Å². The fourth-order valence-corrected chi connectivity index (χ4v) is 2.02. The van der Waals surface area contributed by atoms with Gasteiger partial charge in [-0.05, 0) is 11.4 Å². The van der Waals surface area contributed by atoms with E-state index in [1.807, 2.05) is 17.6 Å². The Bertz CT molecular complexity index is 355. The molecule has 0 bridgehead atoms. The van der Waals surface area contributed by atoms with Crippen LogP contribution in [0.4, 0.5) is 0 Å². The molecule has 3 rings (SSSR count). The average Bonchev–Trinajstić information content (AvgIpc) is 2.80. The SMILES string of the molecule is C1CNCCN1.c1ncc2sccc2n1. The maximum Gasteiger partial charge on any atom is 0.116 e. The molecule has 2 aromatic heterocycles. The van der Waals surface area contributed by atoms with Gasteiger partial charge in [0.05, 0.1) is 10.2 Å². The van der Waals surface area contributed by atoms with Crippen LogP contribution in [-0.2, 0) is 0 Å². The normalized spacial score (nSPS) is 15.7. The lowest BCUT2D eigenvalue weighted by Gasteiger charge is -2.11. The molecule has 0 amide bonds. The summed E-state index contributed by atoms with van der Waals surface area (Å²) < 4.78 is 1.15. The highest BCUT2D eigenvalue weighted by molar-refractivity contribution is 7.17. The molecule has 4 nitrogen and oxygen atoms in total. The monoisotopic (exact) mass is 222 g/mol. The molecule has 1 aliphatic heterocycles. The molecule has 1 fully saturated rings. The Hall–Kier alpha value is -1.04. The zero-order valence-corrected chi connectivity index (χ0v) is 9.26. The smallest absolute Gasteiger partial charge is 0.116 e. The number of hydrogen-bond acceptors (Lipinski definition) is 5. The van der Waals surface area contributed by atoms with Gasteiger partial charge in [-0.25, -0.2) is 9.97 Å². The van der Waals surface area contributed by atoms with Crippen molar-refractivity contribution in [3.8, 4) is 0 Å². The lowest BCUT2D eigenvalue weighted by atomic mass is 10.4. The largest absolute Gasteiger partial charge is 0.314 e. The molecule has 2 aromatic rings. The van der Waals surface area contributed by atoms with Crippen molar-refractivity contribution in [1.29, 1.82) is 0 Å². The van der Waals surface area contributed by atoms with Gasteiger partial charge in [-0.3, -0.25) is 0 Å². The molecule has 0 aromatic carbocycles. The van der Waals surface area contributed by atoms with Crippen LogP contribution >= 0.6 is 11.3 Å². The molecular formula is C10H14N4S. The summed E-state index contributed by atoms with van der Waals surface area (Å²) in [6, 6.07) is 1.99. The van der Waals surface area contributed by atoms with Crippen LogP contribution in [0.15, 0.2) is 24.0 Å². The summed E-state index contributed by atoms with van der Waals surface area (Å²) in [6.45, 7) is 4.56. The minimum absolute atomic E-state index is 1.04. The molecule has 0 radical (unpaired) electrons. The molecule has 5 heteroatoms. The predicted octanol–water partition coefficient (Wildman–Crippen LogP) is 0.870. The van der Waals surface area contributed by atoms with Crippen molar-refractivity contribution in [3.63, 3.8) is 0 Å². The van der Waals surface area contributed by atoms with Gasteiger partial charge in [0.2, 0.25) is 0 Å². The van der Waals surface area contributed by atoms with Crippen LogP contribution in [0.2, 0.25) is 0 Å². The van der Waals surface area contributed by atoms with E-state index in [1.165, 1.54) is 0 Å². The van der Waals surface area contributed by atoms with E-state index in [4.69, 9.17) is 0 Å². The standard InChI is InChI=1S/C6H4N2S.C4H10N2/c1-2-9-6-3-7-4-8-5(1)6;1-2-6-4-3-5-1/h1-4H;5-6H,1-4H2. The predicted molar refractivity (Wildman–Crippen MR) is 63.2 cm³/mol. The van der Waals surface area contributed by atoms with Crippen molar-refractivity contribution in [1.82, 2.24) is 20.6 Å². The Morgan fingerprint density at radius 2 is 1.87 bits per heavy atom. The first-order valence-corrected chi connectivity index (χ1v) is 5.89. The van der Waals surface area contributed by atoms with Crippen LogP contribution in [0.25, 0.3) is 10.2 Å². The molecule has 3 heterocycles. The van der Waals surface area contributed by atoms with Gasteiger partial charge in [0, 0.05) is 32.4 Å². The Balaban J connectivity index is 0.000000124. The van der Waals surface area contributed by atoms with Gasteiger partial charge in [0.15, 0.2) is 0 Å². The molecule has 0 aliphatic carbocycles. The third-order valence-electron chi connectivity index (χ3n) is 2.09. The first-order chi connectivity index (χ1) is 7.47. The number of fused-ring (bicyclic) bond motifs is 1. The molecule has 1 saturated heterocycles. The molecule has 2 N–H and O–H groups in total. The van der Waals surface area contributed by atoms with Crippen molar-refractivity contribution in [2.24, 2.45) is 0 Å². The van der Waals surface area contributed by atoms with Crippen molar-refractivity contribution in [3.05, 3.63) is 24.0 Å². The summed E-state index contributed by atoms with van der Waals surface area (Å²) in [6.07, 6.45) is 3.39. The van der Waals surface area contributed by atoms with Crippen LogP contribution in [0.5, 0.6) is 0 Å². The molecule has 15 heavy (non-hydrogen) atoms. The van der Waals surface area contributed by atoms with Crippen LogP contribution in [0.3, 0.4) is 0 Å². The number of nitrogens with one attached hydrogen (secondary N) is 2. The first kappa shape index (κ1) is 10.5. The average molecular weight is 222 g/mol. The first-order valence-electron chi connectivity index (χ1n) is 5.01. The Morgan fingerprint density at radius 3 is 2.47 bits per heavy atom. The van der Waals surface area contributed by atoms with E-state index in [2.05, 4.69) is 20.6 Å². The molecule has 0 saturated carbocycles. The molecular weight excluding hydrogens is 208 g/mol. The number of thiophene rings is 1. The van der Waals surface area contributed by atoms with Crippen LogP contribution in [-0.4, -0.2) is 36.1 Å². The molecule has 0 unspecified atom stereocenters. The summed E-state index contributed by atoms with van der Waals surface area (Å²) >= 11 is 1.66. The van der Waals surface area contributed by atoms with Gasteiger partial charge in [-0.15, -0.1) is 11.3 Å². The highest BCUT2D eigenvalue weighted by Crippen LogP contribution is 2.15. The highest BCUT2D eigenvalue weighted by atomic mass is 32.1. The van der Waals surface area contributed by atoms with Crippen molar-refractivity contribution < 1.29 is 0 Å².